The maximum Gasteiger partial charge on any atom is 0.256 e. The van der Waals surface area contributed by atoms with E-state index in [4.69, 9.17) is 24.2 Å². The van der Waals surface area contributed by atoms with Crippen molar-refractivity contribution in [3.05, 3.63) is 77.9 Å². The summed E-state index contributed by atoms with van der Waals surface area (Å²) in [6, 6.07) is 20.8. The van der Waals surface area contributed by atoms with E-state index < -0.39 is 0 Å². The maximum absolute atomic E-state index is 13.5. The Morgan fingerprint density at radius 1 is 0.853 bits per heavy atom. The van der Waals surface area contributed by atoms with E-state index in [1.165, 1.54) is 21.3 Å². The molecule has 0 spiro atoms. The van der Waals surface area contributed by atoms with Crippen molar-refractivity contribution in [1.82, 2.24) is 5.32 Å². The molecule has 1 atom stereocenters. The van der Waals surface area contributed by atoms with Crippen LogP contribution in [0.1, 0.15) is 35.2 Å². The van der Waals surface area contributed by atoms with Gasteiger partial charge in [-0.05, 0) is 36.2 Å². The van der Waals surface area contributed by atoms with E-state index in [1.807, 2.05) is 54.6 Å². The Morgan fingerprint density at radius 2 is 1.44 bits per heavy atom. The zero-order valence-electron chi connectivity index (χ0n) is 19.7. The number of ether oxygens (including phenoxy) is 3. The van der Waals surface area contributed by atoms with E-state index in [0.29, 0.717) is 40.8 Å². The van der Waals surface area contributed by atoms with E-state index in [0.717, 1.165) is 17.0 Å². The molecule has 0 radical (unpaired) electrons. The number of amidine groups is 1. The summed E-state index contributed by atoms with van der Waals surface area (Å²) in [5.74, 6) is 1.09. The van der Waals surface area contributed by atoms with Gasteiger partial charge in [-0.15, -0.1) is 0 Å². The maximum atomic E-state index is 13.5. The fourth-order valence-electron chi connectivity index (χ4n) is 4.00. The number of nitrogens with zero attached hydrogens (tertiary/aromatic N) is 2. The predicted molar refractivity (Wildman–Crippen MR) is 134 cm³/mol. The second kappa shape index (κ2) is 10.2. The number of aliphatic imine (C=N–C) groups is 2. The van der Waals surface area contributed by atoms with Gasteiger partial charge in [0.15, 0.2) is 11.5 Å². The first-order chi connectivity index (χ1) is 16.6. The van der Waals surface area contributed by atoms with Gasteiger partial charge in [0.05, 0.1) is 38.6 Å². The zero-order chi connectivity index (χ0) is 24.1. The smallest absolute Gasteiger partial charge is 0.256 e. The van der Waals surface area contributed by atoms with Crippen molar-refractivity contribution < 1.29 is 19.0 Å². The molecule has 1 heterocycles. The van der Waals surface area contributed by atoms with Crippen LogP contribution in [0, 0.1) is 0 Å². The van der Waals surface area contributed by atoms with E-state index in [1.54, 1.807) is 12.1 Å². The fraction of sp³-hybridized carbons (Fsp3) is 0.222. The number of fused-ring (bicyclic) bond motifs is 1. The van der Waals surface area contributed by atoms with E-state index in [2.05, 4.69) is 12.2 Å². The third kappa shape index (κ3) is 4.50. The summed E-state index contributed by atoms with van der Waals surface area (Å²) in [6.07, 6.45) is 0.701. The molecule has 0 saturated carbocycles. The molecule has 7 heteroatoms. The Morgan fingerprint density at radius 3 is 2.00 bits per heavy atom. The van der Waals surface area contributed by atoms with Gasteiger partial charge < -0.3 is 19.5 Å². The van der Waals surface area contributed by atoms with Crippen LogP contribution in [-0.2, 0) is 0 Å². The minimum absolute atomic E-state index is 0.301. The third-order valence-electron chi connectivity index (χ3n) is 5.66. The molecular formula is C27H27N3O4. The van der Waals surface area contributed by atoms with Crippen molar-refractivity contribution in [2.45, 2.75) is 19.3 Å². The number of carbonyl (C=O) groups excluding carboxylic acids is 1. The average molecular weight is 458 g/mol. The van der Waals surface area contributed by atoms with Gasteiger partial charge in [0.2, 0.25) is 5.75 Å². The fourth-order valence-corrected chi connectivity index (χ4v) is 4.00. The normalized spacial score (nSPS) is 14.8. The molecule has 0 aliphatic carbocycles. The Balaban J connectivity index is 1.80. The van der Waals surface area contributed by atoms with E-state index in [-0.39, 0.29) is 11.8 Å². The van der Waals surface area contributed by atoms with Crippen LogP contribution in [-0.4, -0.2) is 38.8 Å². The summed E-state index contributed by atoms with van der Waals surface area (Å²) in [4.78, 5) is 23.2. The second-order valence-corrected chi connectivity index (χ2v) is 7.65. The van der Waals surface area contributed by atoms with Crippen molar-refractivity contribution in [1.29, 1.82) is 0 Å². The van der Waals surface area contributed by atoms with Crippen LogP contribution in [0.15, 0.2) is 76.7 Å². The van der Waals surface area contributed by atoms with Gasteiger partial charge in [-0.25, -0.2) is 4.99 Å². The number of hydrogen-bond donors (Lipinski definition) is 1. The first-order valence-corrected chi connectivity index (χ1v) is 11.0. The van der Waals surface area contributed by atoms with Crippen molar-refractivity contribution in [3.8, 4) is 17.2 Å². The average Bonchev–Trinajstić information content (AvgIpc) is 3.04. The highest BCUT2D eigenvalue weighted by Gasteiger charge is 2.28. The molecule has 0 fully saturated rings. The molecule has 4 rings (SSSR count). The quantitative estimate of drug-likeness (QED) is 0.533. The van der Waals surface area contributed by atoms with E-state index in [9.17, 15) is 4.79 Å². The van der Waals surface area contributed by atoms with Crippen LogP contribution in [0.25, 0.3) is 0 Å². The highest BCUT2D eigenvalue weighted by molar-refractivity contribution is 6.19. The highest BCUT2D eigenvalue weighted by atomic mass is 16.5. The van der Waals surface area contributed by atoms with Crippen molar-refractivity contribution >= 4 is 28.8 Å². The summed E-state index contributed by atoms with van der Waals surface area (Å²) < 4.78 is 16.2. The Hall–Kier alpha value is -4.13. The predicted octanol–water partition coefficient (Wildman–Crippen LogP) is 5.45. The van der Waals surface area contributed by atoms with Gasteiger partial charge in [0.1, 0.15) is 5.84 Å². The van der Waals surface area contributed by atoms with E-state index >= 15 is 0 Å². The van der Waals surface area contributed by atoms with Crippen LogP contribution < -0.4 is 19.5 Å². The third-order valence-corrected chi connectivity index (χ3v) is 5.66. The van der Waals surface area contributed by atoms with Gasteiger partial charge in [0.25, 0.3) is 5.91 Å². The van der Waals surface area contributed by atoms with Crippen molar-refractivity contribution in [2.24, 2.45) is 9.98 Å². The lowest BCUT2D eigenvalue weighted by molar-refractivity contribution is 0.0975. The molecule has 3 aromatic rings. The number of para-hydroxylation sites is 2. The largest absolute Gasteiger partial charge is 0.493 e. The number of hydrogen-bond acceptors (Lipinski definition) is 6. The number of rotatable bonds is 6. The Bertz CT molecular complexity index is 1230. The van der Waals surface area contributed by atoms with Gasteiger partial charge in [-0.2, -0.15) is 0 Å². The van der Waals surface area contributed by atoms with Crippen LogP contribution >= 0.6 is 0 Å². The van der Waals surface area contributed by atoms with Gasteiger partial charge in [-0.3, -0.25) is 9.79 Å². The number of nitrogens with one attached hydrogen (secondary N) is 1. The van der Waals surface area contributed by atoms with Crippen LogP contribution in [0.2, 0.25) is 0 Å². The van der Waals surface area contributed by atoms with Gasteiger partial charge >= 0.3 is 0 Å². The summed E-state index contributed by atoms with van der Waals surface area (Å²) in [5, 5.41) is 3.05. The minimum Gasteiger partial charge on any atom is -0.493 e. The van der Waals surface area contributed by atoms with Gasteiger partial charge in [-0.1, -0.05) is 49.4 Å². The molecule has 1 aliphatic rings. The molecule has 0 saturated heterocycles. The first-order valence-electron chi connectivity index (χ1n) is 11.0. The van der Waals surface area contributed by atoms with Gasteiger partial charge in [0, 0.05) is 11.3 Å². The summed E-state index contributed by atoms with van der Waals surface area (Å²) in [7, 11) is 4.55. The zero-order valence-corrected chi connectivity index (χ0v) is 19.7. The SMILES string of the molecule is CCC1=Nc2ccccc2N=C(NC(=O)c2cc(OC)c(OC)c(OC)c2)[C@@H]1c1ccccc1. The second-order valence-electron chi connectivity index (χ2n) is 7.65. The Labute approximate surface area is 199 Å². The Kier molecular flexibility index (Phi) is 6.92. The lowest BCUT2D eigenvalue weighted by Gasteiger charge is -2.21. The molecule has 174 valence electrons. The number of benzene rings is 3. The van der Waals surface area contributed by atoms with Crippen LogP contribution in [0.5, 0.6) is 17.2 Å². The summed E-state index contributed by atoms with van der Waals surface area (Å²) in [5.41, 5.74) is 3.75. The highest BCUT2D eigenvalue weighted by Crippen LogP contribution is 2.39. The molecule has 0 bridgehead atoms. The monoisotopic (exact) mass is 457 g/mol. The number of methoxy groups -OCH3 is 3. The molecule has 1 aliphatic heterocycles. The first kappa shape index (κ1) is 23.0. The lowest BCUT2D eigenvalue weighted by atomic mass is 9.91. The molecule has 3 aromatic carbocycles. The number of amides is 1. The van der Waals surface area contributed by atoms with Crippen molar-refractivity contribution in [3.63, 3.8) is 0 Å². The lowest BCUT2D eigenvalue weighted by Crippen LogP contribution is -2.37. The summed E-state index contributed by atoms with van der Waals surface area (Å²) >= 11 is 0. The molecule has 1 N–H and O–H groups in total. The molecule has 1 amide bonds. The molecular weight excluding hydrogens is 430 g/mol. The molecule has 0 unspecified atom stereocenters. The number of carbonyl (C=O) groups is 1. The topological polar surface area (TPSA) is 81.5 Å². The molecule has 0 aromatic heterocycles. The molecule has 34 heavy (non-hydrogen) atoms. The van der Waals surface area contributed by atoms with Crippen LogP contribution in [0.4, 0.5) is 11.4 Å². The summed E-state index contributed by atoms with van der Waals surface area (Å²) in [6.45, 7) is 2.06. The van der Waals surface area contributed by atoms with Crippen LogP contribution in [0.3, 0.4) is 0 Å². The van der Waals surface area contributed by atoms with Crippen molar-refractivity contribution in [2.75, 3.05) is 21.3 Å². The standard InChI is InChI=1S/C27H27N3O4/c1-5-19-24(17-11-7-6-8-12-17)26(29-21-14-10-9-13-20(21)28-19)30-27(31)18-15-22(32-2)25(34-4)23(16-18)33-3/h6-16,24H,5H2,1-4H3,(H,29,30,31)/t24-/m1/s1. The minimum atomic E-state index is -0.339. The molecule has 7 nitrogen and oxygen atoms in total.